The van der Waals surface area contributed by atoms with Crippen molar-refractivity contribution in [3.8, 4) is 28.4 Å². The highest BCUT2D eigenvalue weighted by atomic mass is 16.5. The van der Waals surface area contributed by atoms with Crippen LogP contribution in [-0.2, 0) is 13.0 Å². The van der Waals surface area contributed by atoms with Gasteiger partial charge in [0.1, 0.15) is 0 Å². The topological polar surface area (TPSA) is 47.1 Å². The second-order valence-electron chi connectivity index (χ2n) is 9.23. The Labute approximate surface area is 207 Å². The molecule has 0 radical (unpaired) electrons. The minimum atomic E-state index is 0.598. The van der Waals surface area contributed by atoms with E-state index in [0.717, 1.165) is 67.1 Å². The van der Waals surface area contributed by atoms with E-state index in [0.29, 0.717) is 17.2 Å². The van der Waals surface area contributed by atoms with Gasteiger partial charge >= 0.3 is 0 Å². The smallest absolute Gasteiger partial charge is 0.203 e. The van der Waals surface area contributed by atoms with Crippen LogP contribution in [0.1, 0.15) is 22.4 Å². The van der Waals surface area contributed by atoms with Crippen molar-refractivity contribution in [2.45, 2.75) is 13.0 Å². The maximum Gasteiger partial charge on any atom is 0.203 e. The van der Waals surface area contributed by atoms with E-state index in [2.05, 4.69) is 53.3 Å². The van der Waals surface area contributed by atoms with E-state index in [9.17, 15) is 0 Å². The summed E-state index contributed by atoms with van der Waals surface area (Å²) in [5, 5.41) is 0. The SMILES string of the molecule is COc1cc(C2=CCc3ncc(-c4ccc(CN5CCN(C)CC5)cc4)cc32)cc(OC)c1OC. The molecule has 2 aromatic carbocycles. The van der Waals surface area contributed by atoms with Crippen molar-refractivity contribution in [1.82, 2.24) is 14.8 Å². The van der Waals surface area contributed by atoms with Crippen molar-refractivity contribution in [3.05, 3.63) is 77.1 Å². The summed E-state index contributed by atoms with van der Waals surface area (Å²) in [5.41, 5.74) is 8.06. The maximum atomic E-state index is 5.58. The number of hydrogen-bond acceptors (Lipinski definition) is 6. The predicted octanol–water partition coefficient (Wildman–Crippen LogP) is 4.51. The molecule has 5 rings (SSSR count). The highest BCUT2D eigenvalue weighted by Gasteiger charge is 2.22. The Morgan fingerprint density at radius 1 is 0.800 bits per heavy atom. The van der Waals surface area contributed by atoms with Gasteiger partial charge in [-0.2, -0.15) is 0 Å². The van der Waals surface area contributed by atoms with Crippen LogP contribution >= 0.6 is 0 Å². The monoisotopic (exact) mass is 471 g/mol. The van der Waals surface area contributed by atoms with Crippen LogP contribution in [0.3, 0.4) is 0 Å². The molecule has 2 heterocycles. The Kier molecular flexibility index (Phi) is 6.75. The third-order valence-corrected chi connectivity index (χ3v) is 7.02. The van der Waals surface area contributed by atoms with Crippen molar-refractivity contribution in [3.63, 3.8) is 0 Å². The minimum absolute atomic E-state index is 0.598. The highest BCUT2D eigenvalue weighted by molar-refractivity contribution is 5.87. The summed E-state index contributed by atoms with van der Waals surface area (Å²) in [7, 11) is 7.10. The molecule has 1 aromatic heterocycles. The lowest BCUT2D eigenvalue weighted by molar-refractivity contribution is 0.148. The molecule has 35 heavy (non-hydrogen) atoms. The van der Waals surface area contributed by atoms with Crippen LogP contribution in [0.5, 0.6) is 17.2 Å². The first-order chi connectivity index (χ1) is 17.1. The van der Waals surface area contributed by atoms with Crippen LogP contribution in [0.15, 0.2) is 54.7 Å². The fraction of sp³-hybridized carbons (Fsp3) is 0.345. The molecule has 3 aromatic rings. The fourth-order valence-corrected chi connectivity index (χ4v) is 4.93. The number of aromatic nitrogens is 1. The summed E-state index contributed by atoms with van der Waals surface area (Å²) in [6.45, 7) is 5.54. The van der Waals surface area contributed by atoms with Gasteiger partial charge in [-0.1, -0.05) is 30.3 Å². The molecule has 6 heteroatoms. The number of fused-ring (bicyclic) bond motifs is 1. The first-order valence-corrected chi connectivity index (χ1v) is 12.1. The number of ether oxygens (including phenoxy) is 3. The van der Waals surface area contributed by atoms with E-state index < -0.39 is 0 Å². The molecule has 2 aliphatic rings. The molecule has 6 nitrogen and oxygen atoms in total. The van der Waals surface area contributed by atoms with Crippen molar-refractivity contribution in [1.29, 1.82) is 0 Å². The van der Waals surface area contributed by atoms with Crippen molar-refractivity contribution in [2.75, 3.05) is 54.6 Å². The molecule has 1 aliphatic carbocycles. The fourth-order valence-electron chi connectivity index (χ4n) is 4.93. The molecular weight excluding hydrogens is 438 g/mol. The second kappa shape index (κ2) is 10.1. The van der Waals surface area contributed by atoms with Gasteiger partial charge in [-0.25, -0.2) is 0 Å². The van der Waals surface area contributed by atoms with Gasteiger partial charge in [0.25, 0.3) is 0 Å². The van der Waals surface area contributed by atoms with Crippen LogP contribution in [0.4, 0.5) is 0 Å². The van der Waals surface area contributed by atoms with Gasteiger partial charge in [-0.3, -0.25) is 9.88 Å². The summed E-state index contributed by atoms with van der Waals surface area (Å²) in [6.07, 6.45) is 5.02. The Hall–Kier alpha value is -3.35. The van der Waals surface area contributed by atoms with Crippen LogP contribution < -0.4 is 14.2 Å². The number of benzene rings is 2. The average molecular weight is 472 g/mol. The van der Waals surface area contributed by atoms with Gasteiger partial charge < -0.3 is 19.1 Å². The quantitative estimate of drug-likeness (QED) is 0.505. The molecule has 0 spiro atoms. The van der Waals surface area contributed by atoms with Gasteiger partial charge in [0.15, 0.2) is 11.5 Å². The minimum Gasteiger partial charge on any atom is -0.493 e. The number of piperazine rings is 1. The lowest BCUT2D eigenvalue weighted by Gasteiger charge is -2.32. The molecule has 1 saturated heterocycles. The number of allylic oxidation sites excluding steroid dienone is 1. The van der Waals surface area contributed by atoms with Crippen LogP contribution in [0.25, 0.3) is 16.7 Å². The molecule has 0 unspecified atom stereocenters. The molecular formula is C29H33N3O3. The maximum absolute atomic E-state index is 5.58. The summed E-state index contributed by atoms with van der Waals surface area (Å²) >= 11 is 0. The normalized spacial score (nSPS) is 16.1. The van der Waals surface area contributed by atoms with E-state index >= 15 is 0 Å². The van der Waals surface area contributed by atoms with Gasteiger partial charge in [0.2, 0.25) is 5.75 Å². The number of pyridine rings is 1. The predicted molar refractivity (Wildman–Crippen MR) is 139 cm³/mol. The highest BCUT2D eigenvalue weighted by Crippen LogP contribution is 2.43. The first kappa shape index (κ1) is 23.4. The van der Waals surface area contributed by atoms with E-state index in [1.54, 1.807) is 21.3 Å². The molecule has 0 amide bonds. The molecule has 1 fully saturated rings. The van der Waals surface area contributed by atoms with Crippen LogP contribution in [0.2, 0.25) is 0 Å². The largest absolute Gasteiger partial charge is 0.493 e. The summed E-state index contributed by atoms with van der Waals surface area (Å²) < 4.78 is 16.7. The summed E-state index contributed by atoms with van der Waals surface area (Å²) in [5.74, 6) is 1.90. The number of hydrogen-bond donors (Lipinski definition) is 0. The van der Waals surface area contributed by atoms with E-state index in [4.69, 9.17) is 19.2 Å². The molecule has 0 saturated carbocycles. The number of nitrogens with zero attached hydrogens (tertiary/aromatic N) is 3. The molecule has 182 valence electrons. The summed E-state index contributed by atoms with van der Waals surface area (Å²) in [4.78, 5) is 9.72. The van der Waals surface area contributed by atoms with Gasteiger partial charge in [0, 0.05) is 56.5 Å². The van der Waals surface area contributed by atoms with Crippen molar-refractivity contribution in [2.24, 2.45) is 0 Å². The van der Waals surface area contributed by atoms with Gasteiger partial charge in [-0.15, -0.1) is 0 Å². The zero-order chi connectivity index (χ0) is 24.4. The molecule has 1 aliphatic heterocycles. The third kappa shape index (κ3) is 4.77. The standard InChI is InChI=1S/C29H33N3O3/c1-31-11-13-32(14-12-31)19-20-5-7-21(8-6-20)23-15-25-24(9-10-26(25)30-18-23)22-16-27(33-2)29(35-4)28(17-22)34-3/h5-9,15-18H,10-14,19H2,1-4H3. The van der Waals surface area contributed by atoms with Gasteiger partial charge in [0.05, 0.1) is 27.0 Å². The second-order valence-corrected chi connectivity index (χ2v) is 9.23. The Balaban J connectivity index is 1.39. The first-order valence-electron chi connectivity index (χ1n) is 12.1. The Bertz CT molecular complexity index is 1200. The Morgan fingerprint density at radius 3 is 2.11 bits per heavy atom. The average Bonchev–Trinajstić information content (AvgIpc) is 3.33. The Morgan fingerprint density at radius 2 is 1.49 bits per heavy atom. The lowest BCUT2D eigenvalue weighted by Crippen LogP contribution is -2.43. The van der Waals surface area contributed by atoms with E-state index in [1.165, 1.54) is 11.1 Å². The zero-order valence-electron chi connectivity index (χ0n) is 21.0. The molecule has 0 bridgehead atoms. The number of rotatable bonds is 7. The molecule has 0 atom stereocenters. The van der Waals surface area contributed by atoms with E-state index in [1.807, 2.05) is 18.3 Å². The number of methoxy groups -OCH3 is 3. The lowest BCUT2D eigenvalue weighted by atomic mass is 9.97. The van der Waals surface area contributed by atoms with Gasteiger partial charge in [-0.05, 0) is 47.5 Å². The number of likely N-dealkylation sites (N-methyl/N-ethyl adjacent to an activating group) is 1. The zero-order valence-corrected chi connectivity index (χ0v) is 21.0. The summed E-state index contributed by atoms with van der Waals surface area (Å²) in [6, 6.07) is 15.2. The third-order valence-electron chi connectivity index (χ3n) is 7.02. The van der Waals surface area contributed by atoms with Crippen LogP contribution in [0, 0.1) is 0 Å². The van der Waals surface area contributed by atoms with E-state index in [-0.39, 0.29) is 0 Å². The molecule has 0 N–H and O–H groups in total. The van der Waals surface area contributed by atoms with Crippen molar-refractivity contribution >= 4 is 5.57 Å². The van der Waals surface area contributed by atoms with Crippen LogP contribution in [-0.4, -0.2) is 69.3 Å². The van der Waals surface area contributed by atoms with Crippen molar-refractivity contribution < 1.29 is 14.2 Å².